The second-order valence-corrected chi connectivity index (χ2v) is 12.8. The molecule has 3 heterocycles. The number of nitrogens with zero attached hydrogens (tertiary/aromatic N) is 3. The maximum atomic E-state index is 12.7. The van der Waals surface area contributed by atoms with Gasteiger partial charge in [-0.2, -0.15) is 0 Å². The number of H-pyrrole nitrogens is 1. The largest absolute Gasteiger partial charge is 0.492 e. The summed E-state index contributed by atoms with van der Waals surface area (Å²) in [7, 11) is 1.39. The molecule has 2 aliphatic rings. The van der Waals surface area contributed by atoms with E-state index in [-0.39, 0.29) is 0 Å². The molecule has 0 spiro atoms. The second-order valence-electron chi connectivity index (χ2n) is 12.3. The summed E-state index contributed by atoms with van der Waals surface area (Å²) in [5.74, 6) is 1.63. The van der Waals surface area contributed by atoms with E-state index in [0.29, 0.717) is 28.7 Å². The third-order valence-corrected chi connectivity index (χ3v) is 9.57. The molecule has 1 aromatic heterocycles. The van der Waals surface area contributed by atoms with Crippen molar-refractivity contribution in [2.75, 3.05) is 77.6 Å². The van der Waals surface area contributed by atoms with Crippen LogP contribution < -0.4 is 14.4 Å². The fourth-order valence-corrected chi connectivity index (χ4v) is 6.72. The molecule has 9 nitrogen and oxygen atoms in total. The lowest BCUT2D eigenvalue weighted by Gasteiger charge is -2.37. The number of methoxy groups -OCH3 is 1. The quantitative estimate of drug-likeness (QED) is 0.148. The van der Waals surface area contributed by atoms with E-state index in [4.69, 9.17) is 30.5 Å². The lowest BCUT2D eigenvalue weighted by atomic mass is 9.98. The highest BCUT2D eigenvalue weighted by atomic mass is 35.5. The molecule has 0 bridgehead atoms. The third-order valence-electron chi connectivity index (χ3n) is 9.32. The zero-order chi connectivity index (χ0) is 33.6. The number of hydrogen-bond acceptors (Lipinski definition) is 8. The Balaban J connectivity index is 1.08. The van der Waals surface area contributed by atoms with Crippen molar-refractivity contribution in [3.05, 3.63) is 107 Å². The van der Waals surface area contributed by atoms with E-state index in [1.807, 2.05) is 54.7 Å². The van der Waals surface area contributed by atoms with Gasteiger partial charge >= 0.3 is 5.97 Å². The molecular formula is C39H41ClN4O5. The summed E-state index contributed by atoms with van der Waals surface area (Å²) >= 11 is 6.25. The number of esters is 1. The SMILES string of the molecule is COC(=O)c1ccc(N2CCN(Cc3c(OCCN4CCOCC4)cccc3-c3ccc(Cl)cc3)CC2)cc1Oc1cccc2[nH]ccc12. The van der Waals surface area contributed by atoms with Crippen molar-refractivity contribution in [1.82, 2.24) is 14.8 Å². The van der Waals surface area contributed by atoms with Crippen LogP contribution in [-0.4, -0.2) is 93.5 Å². The fraction of sp³-hybridized carbons (Fsp3) is 0.308. The van der Waals surface area contributed by atoms with E-state index >= 15 is 0 Å². The highest BCUT2D eigenvalue weighted by Gasteiger charge is 2.23. The Labute approximate surface area is 291 Å². The Morgan fingerprint density at radius 1 is 0.837 bits per heavy atom. The van der Waals surface area contributed by atoms with Crippen molar-refractivity contribution < 1.29 is 23.7 Å². The number of ether oxygens (including phenoxy) is 4. The minimum atomic E-state index is -0.435. The van der Waals surface area contributed by atoms with Gasteiger partial charge in [0, 0.05) is 91.8 Å². The molecule has 2 saturated heterocycles. The Kier molecular flexibility index (Phi) is 10.3. The molecule has 2 aliphatic heterocycles. The van der Waals surface area contributed by atoms with Gasteiger partial charge in [0.15, 0.2) is 0 Å². The smallest absolute Gasteiger partial charge is 0.341 e. The van der Waals surface area contributed by atoms with Gasteiger partial charge in [0.25, 0.3) is 0 Å². The van der Waals surface area contributed by atoms with Gasteiger partial charge in [0.1, 0.15) is 29.4 Å². The van der Waals surface area contributed by atoms with Gasteiger partial charge in [0.05, 0.1) is 20.3 Å². The van der Waals surface area contributed by atoms with Crippen LogP contribution in [0.4, 0.5) is 5.69 Å². The molecule has 4 aromatic carbocycles. The summed E-state index contributed by atoms with van der Waals surface area (Å²) in [6, 6.07) is 27.9. The first kappa shape index (κ1) is 33.0. The summed E-state index contributed by atoms with van der Waals surface area (Å²) in [6.45, 7) is 9.04. The van der Waals surface area contributed by atoms with Crippen LogP contribution in [-0.2, 0) is 16.0 Å². The first-order valence-corrected chi connectivity index (χ1v) is 17.2. The number of carbonyl (C=O) groups is 1. The van der Waals surface area contributed by atoms with Crippen molar-refractivity contribution in [3.63, 3.8) is 0 Å². The average Bonchev–Trinajstić information content (AvgIpc) is 3.63. The number of carbonyl (C=O) groups excluding carboxylic acids is 1. The highest BCUT2D eigenvalue weighted by molar-refractivity contribution is 6.30. The van der Waals surface area contributed by atoms with Crippen molar-refractivity contribution >= 4 is 34.2 Å². The van der Waals surface area contributed by atoms with Gasteiger partial charge in [-0.3, -0.25) is 9.80 Å². The molecular weight excluding hydrogens is 640 g/mol. The van der Waals surface area contributed by atoms with Crippen LogP contribution in [0.3, 0.4) is 0 Å². The molecule has 5 aromatic rings. The van der Waals surface area contributed by atoms with Crippen LogP contribution in [0.25, 0.3) is 22.0 Å². The highest BCUT2D eigenvalue weighted by Crippen LogP contribution is 2.36. The first-order chi connectivity index (χ1) is 24.1. The molecule has 7 rings (SSSR count). The number of rotatable bonds is 11. The van der Waals surface area contributed by atoms with E-state index in [0.717, 1.165) is 99.0 Å². The number of morpholine rings is 1. The van der Waals surface area contributed by atoms with Crippen molar-refractivity contribution in [1.29, 1.82) is 0 Å². The predicted molar refractivity (Wildman–Crippen MR) is 193 cm³/mol. The van der Waals surface area contributed by atoms with Gasteiger partial charge in [0.2, 0.25) is 0 Å². The van der Waals surface area contributed by atoms with Crippen LogP contribution in [0.1, 0.15) is 15.9 Å². The molecule has 0 radical (unpaired) electrons. The molecule has 254 valence electrons. The zero-order valence-electron chi connectivity index (χ0n) is 27.7. The summed E-state index contributed by atoms with van der Waals surface area (Å²) in [5.41, 5.74) is 5.80. The molecule has 0 aliphatic carbocycles. The maximum absolute atomic E-state index is 12.7. The maximum Gasteiger partial charge on any atom is 0.341 e. The number of piperazine rings is 1. The van der Waals surface area contributed by atoms with Gasteiger partial charge in [-0.15, -0.1) is 0 Å². The minimum absolute atomic E-state index is 0.386. The number of hydrogen-bond donors (Lipinski definition) is 1. The van der Waals surface area contributed by atoms with Crippen molar-refractivity contribution in [2.45, 2.75) is 6.54 Å². The number of fused-ring (bicyclic) bond motifs is 1. The third kappa shape index (κ3) is 7.71. The Hall–Kier alpha value is -4.54. The van der Waals surface area contributed by atoms with Crippen LogP contribution in [0.5, 0.6) is 17.2 Å². The summed E-state index contributed by atoms with van der Waals surface area (Å²) in [6.07, 6.45) is 1.88. The molecule has 0 amide bonds. The number of halogens is 1. The lowest BCUT2D eigenvalue weighted by molar-refractivity contribution is 0.0321. The van der Waals surface area contributed by atoms with E-state index < -0.39 is 5.97 Å². The normalized spacial score (nSPS) is 15.8. The summed E-state index contributed by atoms with van der Waals surface area (Å²) < 4.78 is 23.5. The zero-order valence-corrected chi connectivity index (χ0v) is 28.5. The number of aromatic amines is 1. The Morgan fingerprint density at radius 2 is 1.61 bits per heavy atom. The monoisotopic (exact) mass is 680 g/mol. The predicted octanol–water partition coefficient (Wildman–Crippen LogP) is 7.10. The molecule has 0 unspecified atom stereocenters. The molecule has 10 heteroatoms. The van der Waals surface area contributed by atoms with E-state index in [1.54, 1.807) is 6.07 Å². The lowest BCUT2D eigenvalue weighted by Crippen LogP contribution is -2.46. The number of nitrogens with one attached hydrogen (secondary N) is 1. The van der Waals surface area contributed by atoms with Gasteiger partial charge < -0.3 is 28.8 Å². The van der Waals surface area contributed by atoms with E-state index in [1.165, 1.54) is 12.7 Å². The Bertz CT molecular complexity index is 1880. The van der Waals surface area contributed by atoms with Gasteiger partial charge in [-0.05, 0) is 59.7 Å². The fourth-order valence-electron chi connectivity index (χ4n) is 6.60. The average molecular weight is 681 g/mol. The summed E-state index contributed by atoms with van der Waals surface area (Å²) in [5, 5.41) is 1.66. The topological polar surface area (TPSA) is 79.5 Å². The first-order valence-electron chi connectivity index (χ1n) is 16.8. The number of benzene rings is 4. The van der Waals surface area contributed by atoms with Crippen molar-refractivity contribution in [2.24, 2.45) is 0 Å². The van der Waals surface area contributed by atoms with E-state index in [2.05, 4.69) is 50.0 Å². The Morgan fingerprint density at radius 3 is 2.41 bits per heavy atom. The molecule has 1 N–H and O–H groups in total. The van der Waals surface area contributed by atoms with Crippen molar-refractivity contribution in [3.8, 4) is 28.4 Å². The van der Waals surface area contributed by atoms with Crippen LogP contribution >= 0.6 is 11.6 Å². The molecule has 0 atom stereocenters. The molecule has 0 saturated carbocycles. The van der Waals surface area contributed by atoms with Gasteiger partial charge in [-0.1, -0.05) is 41.9 Å². The van der Waals surface area contributed by atoms with Crippen LogP contribution in [0.2, 0.25) is 5.02 Å². The van der Waals surface area contributed by atoms with Crippen LogP contribution in [0.15, 0.2) is 91.1 Å². The van der Waals surface area contributed by atoms with Crippen LogP contribution in [0, 0.1) is 0 Å². The standard InChI is InChI=1S/C39H41ClN4O5/c1-46-39(45)33-13-12-30(26-38(33)49-37-7-3-5-35-32(37)14-15-41-35)44-18-16-43(17-19-44)27-34-31(28-8-10-29(40)11-9-28)4-2-6-36(34)48-25-22-42-20-23-47-24-21-42/h2-15,26,41H,16-25,27H2,1H3. The summed E-state index contributed by atoms with van der Waals surface area (Å²) in [4.78, 5) is 23.1. The van der Waals surface area contributed by atoms with E-state index in [9.17, 15) is 4.79 Å². The second kappa shape index (κ2) is 15.3. The molecule has 49 heavy (non-hydrogen) atoms. The van der Waals surface area contributed by atoms with Gasteiger partial charge in [-0.25, -0.2) is 4.79 Å². The number of aromatic nitrogens is 1. The number of anilines is 1. The minimum Gasteiger partial charge on any atom is -0.492 e. The molecule has 2 fully saturated rings.